The summed E-state index contributed by atoms with van der Waals surface area (Å²) in [4.78, 5) is 28.6. The average Bonchev–Trinajstić information content (AvgIpc) is 2.86. The minimum absolute atomic E-state index is 0.144. The van der Waals surface area contributed by atoms with Crippen molar-refractivity contribution in [2.75, 3.05) is 13.2 Å². The minimum atomic E-state index is -0.144. The lowest BCUT2D eigenvalue weighted by Gasteiger charge is -2.14. The van der Waals surface area contributed by atoms with E-state index in [-0.39, 0.29) is 37.8 Å². The topological polar surface area (TPSA) is 59.5 Å². The Morgan fingerprint density at radius 2 is 1.71 bits per heavy atom. The molecule has 124 valence electrons. The highest BCUT2D eigenvalue weighted by Gasteiger charge is 2.28. The first-order valence-corrected chi connectivity index (χ1v) is 8.17. The molecule has 1 aliphatic heterocycles. The molecule has 1 aliphatic rings. The Labute approximate surface area is 149 Å². The molecule has 0 aliphatic carbocycles. The Hall–Kier alpha value is -2.11. The van der Waals surface area contributed by atoms with Gasteiger partial charge >= 0.3 is 0 Å². The van der Waals surface area contributed by atoms with E-state index in [1.807, 2.05) is 0 Å². The van der Waals surface area contributed by atoms with Crippen LogP contribution in [-0.2, 0) is 9.59 Å². The van der Waals surface area contributed by atoms with Crippen LogP contribution in [0, 0.1) is 0 Å². The predicted molar refractivity (Wildman–Crippen MR) is 91.1 cm³/mol. The summed E-state index contributed by atoms with van der Waals surface area (Å²) >= 11 is 12.0. The first-order valence-electron chi connectivity index (χ1n) is 7.41. The van der Waals surface area contributed by atoms with Crippen LogP contribution in [0.3, 0.4) is 0 Å². The number of benzene rings is 1. The lowest BCUT2D eigenvalue weighted by atomic mass is 10.1. The fourth-order valence-electron chi connectivity index (χ4n) is 2.47. The number of halogens is 2. The summed E-state index contributed by atoms with van der Waals surface area (Å²) in [6.07, 6.45) is 2.16. The lowest BCUT2D eigenvalue weighted by Crippen LogP contribution is -2.33. The largest absolute Gasteiger partial charge is 0.490 e. The molecular formula is C17H14Cl2N2O3. The van der Waals surface area contributed by atoms with Gasteiger partial charge in [0, 0.05) is 28.5 Å². The molecule has 2 heterocycles. The summed E-state index contributed by atoms with van der Waals surface area (Å²) in [5, 5.41) is 1.08. The molecule has 0 atom stereocenters. The minimum Gasteiger partial charge on any atom is -0.490 e. The van der Waals surface area contributed by atoms with Crippen LogP contribution in [0.4, 0.5) is 0 Å². The molecule has 0 bridgehead atoms. The van der Waals surface area contributed by atoms with E-state index in [0.717, 1.165) is 11.3 Å². The van der Waals surface area contributed by atoms with Crippen molar-refractivity contribution in [3.63, 3.8) is 0 Å². The van der Waals surface area contributed by atoms with Crippen LogP contribution in [0.1, 0.15) is 12.8 Å². The zero-order chi connectivity index (χ0) is 17.1. The van der Waals surface area contributed by atoms with Crippen molar-refractivity contribution < 1.29 is 14.3 Å². The van der Waals surface area contributed by atoms with E-state index in [2.05, 4.69) is 4.98 Å². The number of aromatic nitrogens is 1. The number of amides is 2. The first kappa shape index (κ1) is 16.7. The maximum atomic E-state index is 11.5. The summed E-state index contributed by atoms with van der Waals surface area (Å²) in [6, 6.07) is 8.78. The number of carbonyl (C=O) groups is 2. The first-order chi connectivity index (χ1) is 11.5. The second kappa shape index (κ2) is 7.20. The Kier molecular flexibility index (Phi) is 5.02. The third-order valence-corrected chi connectivity index (χ3v) is 4.07. The van der Waals surface area contributed by atoms with Crippen LogP contribution < -0.4 is 4.74 Å². The summed E-state index contributed by atoms with van der Waals surface area (Å²) in [5.41, 5.74) is 1.53. The van der Waals surface area contributed by atoms with Crippen LogP contribution in [0.2, 0.25) is 10.0 Å². The Bertz CT molecular complexity index is 742. The van der Waals surface area contributed by atoms with Crippen molar-refractivity contribution in [2.24, 2.45) is 0 Å². The third-order valence-electron chi connectivity index (χ3n) is 3.63. The Balaban J connectivity index is 1.60. The number of hydrogen-bond acceptors (Lipinski definition) is 4. The highest BCUT2D eigenvalue weighted by molar-refractivity contribution is 6.35. The fraction of sp³-hybridized carbons (Fsp3) is 0.235. The van der Waals surface area contributed by atoms with Gasteiger partial charge in [-0.15, -0.1) is 0 Å². The zero-order valence-electron chi connectivity index (χ0n) is 12.7. The molecule has 0 radical (unpaired) electrons. The van der Waals surface area contributed by atoms with Crippen LogP contribution >= 0.6 is 23.2 Å². The van der Waals surface area contributed by atoms with Crippen molar-refractivity contribution in [3.05, 3.63) is 46.6 Å². The van der Waals surface area contributed by atoms with Gasteiger partial charge in [0.05, 0.1) is 18.4 Å². The Morgan fingerprint density at radius 1 is 1.04 bits per heavy atom. The van der Waals surface area contributed by atoms with Crippen molar-refractivity contribution >= 4 is 35.0 Å². The maximum Gasteiger partial charge on any atom is 0.229 e. The standard InChI is InChI=1S/C17H14Cl2N2O3/c18-12-7-11(8-13(19)9-12)15-2-1-14(10-20-15)24-6-5-21-16(22)3-4-17(21)23/h1-2,7-10H,3-6H2. The molecule has 3 rings (SSSR count). The van der Waals surface area contributed by atoms with Crippen molar-refractivity contribution in [2.45, 2.75) is 12.8 Å². The van der Waals surface area contributed by atoms with E-state index in [1.54, 1.807) is 36.5 Å². The number of likely N-dealkylation sites (tertiary alicyclic amines) is 1. The van der Waals surface area contributed by atoms with Gasteiger partial charge in [-0.25, -0.2) is 0 Å². The maximum absolute atomic E-state index is 11.5. The summed E-state index contributed by atoms with van der Waals surface area (Å²) in [7, 11) is 0. The van der Waals surface area contributed by atoms with Gasteiger partial charge < -0.3 is 4.74 Å². The van der Waals surface area contributed by atoms with Crippen LogP contribution in [0.5, 0.6) is 5.75 Å². The predicted octanol–water partition coefficient (Wildman–Crippen LogP) is 3.58. The van der Waals surface area contributed by atoms with Crippen molar-refractivity contribution in [1.29, 1.82) is 0 Å². The molecule has 2 amide bonds. The van der Waals surface area contributed by atoms with Crippen LogP contribution in [-0.4, -0.2) is 34.8 Å². The number of rotatable bonds is 5. The molecule has 1 aromatic carbocycles. The quantitative estimate of drug-likeness (QED) is 0.760. The number of pyridine rings is 1. The SMILES string of the molecule is O=C1CCC(=O)N1CCOc1ccc(-c2cc(Cl)cc(Cl)c2)nc1. The van der Waals surface area contributed by atoms with Gasteiger partial charge in [0.25, 0.3) is 0 Å². The molecule has 0 unspecified atom stereocenters. The molecule has 1 aromatic heterocycles. The molecule has 1 saturated heterocycles. The number of carbonyl (C=O) groups excluding carboxylic acids is 2. The highest BCUT2D eigenvalue weighted by atomic mass is 35.5. The molecule has 24 heavy (non-hydrogen) atoms. The second-order valence-electron chi connectivity index (χ2n) is 5.32. The van der Waals surface area contributed by atoms with E-state index in [9.17, 15) is 9.59 Å². The smallest absolute Gasteiger partial charge is 0.229 e. The van der Waals surface area contributed by atoms with Gasteiger partial charge in [-0.05, 0) is 30.3 Å². The number of imide groups is 1. The van der Waals surface area contributed by atoms with Crippen LogP contribution in [0.25, 0.3) is 11.3 Å². The summed E-state index contributed by atoms with van der Waals surface area (Å²) in [5.74, 6) is 0.274. The molecular weight excluding hydrogens is 351 g/mol. The van der Waals surface area contributed by atoms with E-state index in [4.69, 9.17) is 27.9 Å². The molecule has 2 aromatic rings. The van der Waals surface area contributed by atoms with Gasteiger partial charge in [-0.2, -0.15) is 0 Å². The van der Waals surface area contributed by atoms with E-state index < -0.39 is 0 Å². The molecule has 0 spiro atoms. The monoisotopic (exact) mass is 364 g/mol. The normalized spacial score (nSPS) is 14.3. The molecule has 0 N–H and O–H groups in total. The van der Waals surface area contributed by atoms with Gasteiger partial charge in [0.1, 0.15) is 12.4 Å². The molecule has 5 nitrogen and oxygen atoms in total. The van der Waals surface area contributed by atoms with Crippen molar-refractivity contribution in [1.82, 2.24) is 9.88 Å². The molecule has 7 heteroatoms. The second-order valence-corrected chi connectivity index (χ2v) is 6.20. The number of hydrogen-bond donors (Lipinski definition) is 0. The van der Waals surface area contributed by atoms with E-state index in [0.29, 0.717) is 15.8 Å². The molecule has 0 saturated carbocycles. The van der Waals surface area contributed by atoms with E-state index >= 15 is 0 Å². The highest BCUT2D eigenvalue weighted by Crippen LogP contribution is 2.26. The summed E-state index contributed by atoms with van der Waals surface area (Å²) < 4.78 is 5.54. The van der Waals surface area contributed by atoms with Gasteiger partial charge in [0.15, 0.2) is 0 Å². The molecule has 1 fully saturated rings. The average molecular weight is 365 g/mol. The Morgan fingerprint density at radius 3 is 2.29 bits per heavy atom. The lowest BCUT2D eigenvalue weighted by molar-refractivity contribution is -0.138. The summed E-state index contributed by atoms with van der Waals surface area (Å²) in [6.45, 7) is 0.491. The van der Waals surface area contributed by atoms with E-state index in [1.165, 1.54) is 4.90 Å². The van der Waals surface area contributed by atoms with Gasteiger partial charge in [-0.1, -0.05) is 23.2 Å². The van der Waals surface area contributed by atoms with Gasteiger partial charge in [0.2, 0.25) is 11.8 Å². The van der Waals surface area contributed by atoms with Crippen LogP contribution in [0.15, 0.2) is 36.5 Å². The van der Waals surface area contributed by atoms with Crippen molar-refractivity contribution in [3.8, 4) is 17.0 Å². The fourth-order valence-corrected chi connectivity index (χ4v) is 2.99. The van der Waals surface area contributed by atoms with Gasteiger partial charge in [-0.3, -0.25) is 19.5 Å². The zero-order valence-corrected chi connectivity index (χ0v) is 14.2. The third kappa shape index (κ3) is 3.86. The number of nitrogens with zero attached hydrogens (tertiary/aromatic N) is 2. The number of ether oxygens (including phenoxy) is 1.